The maximum absolute atomic E-state index is 12.8. The van der Waals surface area contributed by atoms with Gasteiger partial charge in [-0.3, -0.25) is 9.59 Å². The molecule has 4 rings (SSSR count). The molecule has 1 N–H and O–H groups in total. The molecule has 1 saturated carbocycles. The van der Waals surface area contributed by atoms with E-state index in [0.717, 1.165) is 56.6 Å². The van der Waals surface area contributed by atoms with Gasteiger partial charge in [-0.1, -0.05) is 12.8 Å². The third-order valence-electron chi connectivity index (χ3n) is 6.39. The Kier molecular flexibility index (Phi) is 6.49. The molecule has 2 amide bonds. The molecular formula is C24H30N4O3. The SMILES string of the molecule is COc1ccc(NC(=O)c2cnc([C@@H]3CCCN(C(=O)C4CCCC4)C3)nc2C)cc1. The minimum atomic E-state index is -0.240. The molecule has 0 unspecified atom stereocenters. The van der Waals surface area contributed by atoms with Crippen LogP contribution in [0, 0.1) is 12.8 Å². The van der Waals surface area contributed by atoms with Gasteiger partial charge in [0.2, 0.25) is 5.91 Å². The van der Waals surface area contributed by atoms with Crippen molar-refractivity contribution in [3.05, 3.63) is 47.5 Å². The number of carbonyl (C=O) groups is 2. The lowest BCUT2D eigenvalue weighted by molar-refractivity contribution is -0.136. The molecular weight excluding hydrogens is 392 g/mol. The van der Waals surface area contributed by atoms with Gasteiger partial charge in [0.05, 0.1) is 18.4 Å². The van der Waals surface area contributed by atoms with Crippen molar-refractivity contribution in [3.63, 3.8) is 0 Å². The Balaban J connectivity index is 1.42. The molecule has 1 aliphatic carbocycles. The fourth-order valence-corrected chi connectivity index (χ4v) is 4.60. The van der Waals surface area contributed by atoms with E-state index in [-0.39, 0.29) is 17.7 Å². The summed E-state index contributed by atoms with van der Waals surface area (Å²) in [6, 6.07) is 7.17. The maximum Gasteiger partial charge on any atom is 0.259 e. The molecule has 164 valence electrons. The Labute approximate surface area is 183 Å². The van der Waals surface area contributed by atoms with Gasteiger partial charge in [-0.2, -0.15) is 0 Å². The molecule has 7 heteroatoms. The molecule has 7 nitrogen and oxygen atoms in total. The van der Waals surface area contributed by atoms with Gasteiger partial charge in [0.25, 0.3) is 5.91 Å². The van der Waals surface area contributed by atoms with Crippen LogP contribution in [0.25, 0.3) is 0 Å². The van der Waals surface area contributed by atoms with Crippen LogP contribution >= 0.6 is 0 Å². The molecule has 2 fully saturated rings. The highest BCUT2D eigenvalue weighted by molar-refractivity contribution is 6.04. The summed E-state index contributed by atoms with van der Waals surface area (Å²) in [5.74, 6) is 1.84. The molecule has 0 radical (unpaired) electrons. The summed E-state index contributed by atoms with van der Waals surface area (Å²) < 4.78 is 5.14. The number of amides is 2. The Morgan fingerprint density at radius 1 is 1.10 bits per heavy atom. The number of piperidine rings is 1. The van der Waals surface area contributed by atoms with E-state index in [1.165, 1.54) is 0 Å². The van der Waals surface area contributed by atoms with Crippen LogP contribution in [-0.4, -0.2) is 46.9 Å². The van der Waals surface area contributed by atoms with Crippen molar-refractivity contribution < 1.29 is 14.3 Å². The number of ether oxygens (including phenoxy) is 1. The summed E-state index contributed by atoms with van der Waals surface area (Å²) >= 11 is 0. The topological polar surface area (TPSA) is 84.4 Å². The number of hydrogen-bond acceptors (Lipinski definition) is 5. The average molecular weight is 423 g/mol. The van der Waals surface area contributed by atoms with E-state index in [0.29, 0.717) is 29.4 Å². The normalized spacial score (nSPS) is 19.3. The first-order valence-electron chi connectivity index (χ1n) is 11.1. The van der Waals surface area contributed by atoms with E-state index < -0.39 is 0 Å². The summed E-state index contributed by atoms with van der Waals surface area (Å²) in [6.07, 6.45) is 7.90. The lowest BCUT2D eigenvalue weighted by atomic mass is 9.95. The van der Waals surface area contributed by atoms with Gasteiger partial charge in [-0.25, -0.2) is 9.97 Å². The zero-order valence-electron chi connectivity index (χ0n) is 18.3. The highest BCUT2D eigenvalue weighted by Crippen LogP contribution is 2.31. The number of anilines is 1. The molecule has 2 aromatic rings. The fourth-order valence-electron chi connectivity index (χ4n) is 4.60. The van der Waals surface area contributed by atoms with Crippen molar-refractivity contribution in [3.8, 4) is 5.75 Å². The van der Waals surface area contributed by atoms with Gasteiger partial charge in [0.1, 0.15) is 11.6 Å². The molecule has 1 aromatic heterocycles. The predicted octanol–water partition coefficient (Wildman–Crippen LogP) is 3.94. The first-order chi connectivity index (χ1) is 15.0. The van der Waals surface area contributed by atoms with Gasteiger partial charge in [0, 0.05) is 36.8 Å². The second-order valence-electron chi connectivity index (χ2n) is 8.51. The van der Waals surface area contributed by atoms with Crippen molar-refractivity contribution in [2.24, 2.45) is 5.92 Å². The smallest absolute Gasteiger partial charge is 0.259 e. The highest BCUT2D eigenvalue weighted by Gasteiger charge is 2.32. The van der Waals surface area contributed by atoms with Crippen LogP contribution in [0.5, 0.6) is 5.75 Å². The lowest BCUT2D eigenvalue weighted by Gasteiger charge is -2.33. The Morgan fingerprint density at radius 2 is 1.84 bits per heavy atom. The quantitative estimate of drug-likeness (QED) is 0.789. The second kappa shape index (κ2) is 9.45. The van der Waals surface area contributed by atoms with Crippen molar-refractivity contribution in [2.75, 3.05) is 25.5 Å². The number of nitrogens with zero attached hydrogens (tertiary/aromatic N) is 3. The summed E-state index contributed by atoms with van der Waals surface area (Å²) in [6.45, 7) is 3.33. The lowest BCUT2D eigenvalue weighted by Crippen LogP contribution is -2.42. The molecule has 2 heterocycles. The average Bonchev–Trinajstić information content (AvgIpc) is 3.34. The van der Waals surface area contributed by atoms with Crippen molar-refractivity contribution in [2.45, 2.75) is 51.4 Å². The number of rotatable bonds is 5. The van der Waals surface area contributed by atoms with Crippen LogP contribution in [0.3, 0.4) is 0 Å². The number of aromatic nitrogens is 2. The summed E-state index contributed by atoms with van der Waals surface area (Å²) in [4.78, 5) is 36.7. The largest absolute Gasteiger partial charge is 0.497 e. The van der Waals surface area contributed by atoms with Gasteiger partial charge < -0.3 is 15.0 Å². The molecule has 0 spiro atoms. The van der Waals surface area contributed by atoms with E-state index in [2.05, 4.69) is 15.3 Å². The van der Waals surface area contributed by atoms with Gasteiger partial charge in [-0.15, -0.1) is 0 Å². The molecule has 0 bridgehead atoms. The standard InChI is InChI=1S/C24H30N4O3/c1-16-21(23(29)27-19-9-11-20(31-2)12-10-19)14-25-22(26-16)18-8-5-13-28(15-18)24(30)17-6-3-4-7-17/h9-12,14,17-18H,3-8,13,15H2,1-2H3,(H,27,29)/t18-/m1/s1. The van der Waals surface area contributed by atoms with E-state index in [9.17, 15) is 9.59 Å². The van der Waals surface area contributed by atoms with Crippen LogP contribution in [0.1, 0.15) is 66.3 Å². The number of carbonyl (C=O) groups excluding carboxylic acids is 2. The van der Waals surface area contributed by atoms with E-state index in [1.54, 1.807) is 37.6 Å². The van der Waals surface area contributed by atoms with Gasteiger partial charge in [-0.05, 0) is 56.9 Å². The number of aryl methyl sites for hydroxylation is 1. The first-order valence-corrected chi connectivity index (χ1v) is 11.1. The Hall–Kier alpha value is -2.96. The molecule has 31 heavy (non-hydrogen) atoms. The number of methoxy groups -OCH3 is 1. The van der Waals surface area contributed by atoms with E-state index in [4.69, 9.17) is 4.74 Å². The monoisotopic (exact) mass is 422 g/mol. The zero-order chi connectivity index (χ0) is 21.8. The van der Waals surface area contributed by atoms with Crippen molar-refractivity contribution in [1.29, 1.82) is 0 Å². The number of nitrogens with one attached hydrogen (secondary N) is 1. The second-order valence-corrected chi connectivity index (χ2v) is 8.51. The summed E-state index contributed by atoms with van der Waals surface area (Å²) in [5, 5.41) is 2.88. The summed E-state index contributed by atoms with van der Waals surface area (Å²) in [7, 11) is 1.60. The molecule has 2 aliphatic rings. The van der Waals surface area contributed by atoms with Crippen LogP contribution in [-0.2, 0) is 4.79 Å². The predicted molar refractivity (Wildman–Crippen MR) is 118 cm³/mol. The van der Waals surface area contributed by atoms with Crippen molar-refractivity contribution >= 4 is 17.5 Å². The fraction of sp³-hybridized carbons (Fsp3) is 0.500. The molecule has 1 aliphatic heterocycles. The van der Waals surface area contributed by atoms with Crippen molar-refractivity contribution in [1.82, 2.24) is 14.9 Å². The molecule has 1 atom stereocenters. The van der Waals surface area contributed by atoms with Gasteiger partial charge in [0.15, 0.2) is 0 Å². The van der Waals surface area contributed by atoms with Gasteiger partial charge >= 0.3 is 0 Å². The Morgan fingerprint density at radius 3 is 2.52 bits per heavy atom. The highest BCUT2D eigenvalue weighted by atomic mass is 16.5. The summed E-state index contributed by atoms with van der Waals surface area (Å²) in [5.41, 5.74) is 1.78. The number of benzene rings is 1. The number of hydrogen-bond donors (Lipinski definition) is 1. The maximum atomic E-state index is 12.8. The first kappa shape index (κ1) is 21.3. The van der Waals surface area contributed by atoms with E-state index >= 15 is 0 Å². The van der Waals surface area contributed by atoms with Crippen LogP contribution in [0.15, 0.2) is 30.5 Å². The van der Waals surface area contributed by atoms with Crippen LogP contribution in [0.2, 0.25) is 0 Å². The zero-order valence-corrected chi connectivity index (χ0v) is 18.3. The van der Waals surface area contributed by atoms with Crippen LogP contribution in [0.4, 0.5) is 5.69 Å². The minimum Gasteiger partial charge on any atom is -0.497 e. The third-order valence-corrected chi connectivity index (χ3v) is 6.39. The number of likely N-dealkylation sites (tertiary alicyclic amines) is 1. The van der Waals surface area contributed by atoms with E-state index in [1.807, 2.05) is 11.8 Å². The van der Waals surface area contributed by atoms with Crippen LogP contribution < -0.4 is 10.1 Å². The molecule has 1 aromatic carbocycles. The minimum absolute atomic E-state index is 0.122. The third kappa shape index (κ3) is 4.86. The Bertz CT molecular complexity index is 938. The molecule has 1 saturated heterocycles.